The molecule has 3 heterocycles. The smallest absolute Gasteiger partial charge is 0.248 e. The fourth-order valence-corrected chi connectivity index (χ4v) is 4.31. The van der Waals surface area contributed by atoms with E-state index in [1.54, 1.807) is 0 Å². The molecule has 0 unspecified atom stereocenters. The van der Waals surface area contributed by atoms with Gasteiger partial charge >= 0.3 is 0 Å². The average Bonchev–Trinajstić information content (AvgIpc) is 2.72. The number of rotatable bonds is 6. The summed E-state index contributed by atoms with van der Waals surface area (Å²) in [6.07, 6.45) is 10.9. The second kappa shape index (κ2) is 9.45. The van der Waals surface area contributed by atoms with E-state index < -0.39 is 0 Å². The molecule has 2 saturated heterocycles. The van der Waals surface area contributed by atoms with Crippen molar-refractivity contribution >= 4 is 5.91 Å². The second-order valence-corrected chi connectivity index (χ2v) is 8.21. The number of carbonyl (C=O) groups excluding carboxylic acids is 1. The van der Waals surface area contributed by atoms with Crippen LogP contribution in [0.15, 0.2) is 24.5 Å². The molecule has 0 N–H and O–H groups in total. The summed E-state index contributed by atoms with van der Waals surface area (Å²) in [5, 5.41) is 0. The Hall–Kier alpha value is -1.75. The molecule has 0 aliphatic carbocycles. The lowest BCUT2D eigenvalue weighted by Gasteiger charge is -2.35. The van der Waals surface area contributed by atoms with Crippen LogP contribution in [0, 0.1) is 5.92 Å². The standard InChI is InChI=1S/C22H34N4O/c1-4-21-23-15-20(16-24-21)19-8-11-25(12-9-19)10-5-18-6-13-26(14-7-18)22(27)17(2)3/h15-16,18-19H,2,4-14H2,1,3H3. The molecule has 2 fully saturated rings. The van der Waals surface area contributed by atoms with Crippen molar-refractivity contribution in [2.75, 3.05) is 32.7 Å². The molecule has 1 amide bonds. The highest BCUT2D eigenvalue weighted by molar-refractivity contribution is 5.92. The van der Waals surface area contributed by atoms with Gasteiger partial charge in [-0.05, 0) is 76.1 Å². The van der Waals surface area contributed by atoms with Crippen LogP contribution in [0.25, 0.3) is 0 Å². The Morgan fingerprint density at radius 2 is 1.74 bits per heavy atom. The Bertz CT molecular complexity index is 626. The summed E-state index contributed by atoms with van der Waals surface area (Å²) in [6, 6.07) is 0. The van der Waals surface area contributed by atoms with Crippen LogP contribution in [0.5, 0.6) is 0 Å². The molecule has 0 bridgehead atoms. The fraction of sp³-hybridized carbons (Fsp3) is 0.682. The van der Waals surface area contributed by atoms with Crippen molar-refractivity contribution in [1.82, 2.24) is 19.8 Å². The Kier molecular flexibility index (Phi) is 7.00. The molecule has 1 aromatic heterocycles. The largest absolute Gasteiger partial charge is 0.339 e. The summed E-state index contributed by atoms with van der Waals surface area (Å²) < 4.78 is 0. The Morgan fingerprint density at radius 3 is 2.30 bits per heavy atom. The number of piperidine rings is 2. The quantitative estimate of drug-likeness (QED) is 0.720. The Balaban J connectivity index is 1.36. The SMILES string of the molecule is C=C(C)C(=O)N1CCC(CCN2CCC(c3cnc(CC)nc3)CC2)CC1. The van der Waals surface area contributed by atoms with Gasteiger partial charge in [-0.25, -0.2) is 9.97 Å². The molecular weight excluding hydrogens is 336 g/mol. The molecule has 0 aromatic carbocycles. The fourth-order valence-electron chi connectivity index (χ4n) is 4.31. The molecule has 5 heteroatoms. The number of likely N-dealkylation sites (tertiary alicyclic amines) is 2. The Labute approximate surface area is 163 Å². The van der Waals surface area contributed by atoms with Gasteiger partial charge in [0.1, 0.15) is 5.82 Å². The molecular formula is C22H34N4O. The maximum atomic E-state index is 12.0. The number of nitrogens with zero attached hydrogens (tertiary/aromatic N) is 4. The monoisotopic (exact) mass is 370 g/mol. The van der Waals surface area contributed by atoms with E-state index in [-0.39, 0.29) is 5.91 Å². The van der Waals surface area contributed by atoms with E-state index in [4.69, 9.17) is 0 Å². The summed E-state index contributed by atoms with van der Waals surface area (Å²) in [5.41, 5.74) is 1.97. The van der Waals surface area contributed by atoms with Crippen molar-refractivity contribution in [2.24, 2.45) is 5.92 Å². The van der Waals surface area contributed by atoms with Crippen LogP contribution in [-0.2, 0) is 11.2 Å². The summed E-state index contributed by atoms with van der Waals surface area (Å²) in [4.78, 5) is 25.5. The number of hydrogen-bond acceptors (Lipinski definition) is 4. The lowest BCUT2D eigenvalue weighted by molar-refractivity contribution is -0.128. The number of aromatic nitrogens is 2. The molecule has 0 saturated carbocycles. The van der Waals surface area contributed by atoms with Gasteiger partial charge in [-0.2, -0.15) is 0 Å². The normalized spacial score (nSPS) is 20.0. The maximum absolute atomic E-state index is 12.0. The first kappa shape index (κ1) is 20.0. The lowest BCUT2D eigenvalue weighted by atomic mass is 9.90. The van der Waals surface area contributed by atoms with E-state index >= 15 is 0 Å². The molecule has 0 radical (unpaired) electrons. The van der Waals surface area contributed by atoms with Crippen molar-refractivity contribution in [3.05, 3.63) is 35.9 Å². The van der Waals surface area contributed by atoms with E-state index in [1.165, 1.54) is 44.5 Å². The van der Waals surface area contributed by atoms with Gasteiger partial charge in [0.05, 0.1) is 0 Å². The van der Waals surface area contributed by atoms with Gasteiger partial charge in [-0.1, -0.05) is 13.5 Å². The molecule has 3 rings (SSSR count). The number of carbonyl (C=O) groups is 1. The molecule has 5 nitrogen and oxygen atoms in total. The van der Waals surface area contributed by atoms with E-state index in [0.717, 1.165) is 44.1 Å². The molecule has 148 valence electrons. The molecule has 27 heavy (non-hydrogen) atoms. The van der Waals surface area contributed by atoms with Crippen LogP contribution in [0.4, 0.5) is 0 Å². The highest BCUT2D eigenvalue weighted by Crippen LogP contribution is 2.28. The third-order valence-corrected chi connectivity index (χ3v) is 6.22. The van der Waals surface area contributed by atoms with Crippen LogP contribution in [-0.4, -0.2) is 58.4 Å². The van der Waals surface area contributed by atoms with Crippen molar-refractivity contribution in [1.29, 1.82) is 0 Å². The van der Waals surface area contributed by atoms with Gasteiger partial charge in [0.2, 0.25) is 5.91 Å². The topological polar surface area (TPSA) is 49.3 Å². The van der Waals surface area contributed by atoms with Crippen LogP contribution < -0.4 is 0 Å². The first-order valence-corrected chi connectivity index (χ1v) is 10.5. The lowest BCUT2D eigenvalue weighted by Crippen LogP contribution is -2.40. The van der Waals surface area contributed by atoms with E-state index in [9.17, 15) is 4.79 Å². The minimum Gasteiger partial charge on any atom is -0.339 e. The predicted octanol–water partition coefficient (Wildman–Crippen LogP) is 3.42. The van der Waals surface area contributed by atoms with Crippen molar-refractivity contribution in [3.63, 3.8) is 0 Å². The van der Waals surface area contributed by atoms with E-state index in [2.05, 4.69) is 28.4 Å². The maximum Gasteiger partial charge on any atom is 0.248 e. The van der Waals surface area contributed by atoms with Crippen LogP contribution >= 0.6 is 0 Å². The average molecular weight is 371 g/mol. The zero-order valence-electron chi connectivity index (χ0n) is 17.0. The summed E-state index contributed by atoms with van der Waals surface area (Å²) in [7, 11) is 0. The van der Waals surface area contributed by atoms with Gasteiger partial charge in [-0.3, -0.25) is 4.79 Å². The highest BCUT2D eigenvalue weighted by atomic mass is 16.2. The van der Waals surface area contributed by atoms with Crippen molar-refractivity contribution < 1.29 is 4.79 Å². The first-order chi connectivity index (χ1) is 13.1. The summed E-state index contributed by atoms with van der Waals surface area (Å²) in [5.74, 6) is 2.44. The molecule has 0 spiro atoms. The van der Waals surface area contributed by atoms with Crippen molar-refractivity contribution in [2.45, 2.75) is 58.3 Å². The van der Waals surface area contributed by atoms with Crippen LogP contribution in [0.2, 0.25) is 0 Å². The van der Waals surface area contributed by atoms with E-state index in [1.807, 2.05) is 24.2 Å². The zero-order valence-corrected chi connectivity index (χ0v) is 17.0. The van der Waals surface area contributed by atoms with E-state index in [0.29, 0.717) is 11.5 Å². The highest BCUT2D eigenvalue weighted by Gasteiger charge is 2.25. The van der Waals surface area contributed by atoms with Gasteiger partial charge in [0.25, 0.3) is 0 Å². The molecule has 2 aliphatic heterocycles. The van der Waals surface area contributed by atoms with Gasteiger partial charge in [0, 0.05) is 37.5 Å². The molecule has 0 atom stereocenters. The minimum atomic E-state index is 0.131. The number of hydrogen-bond donors (Lipinski definition) is 0. The molecule has 1 aromatic rings. The van der Waals surface area contributed by atoms with Crippen LogP contribution in [0.3, 0.4) is 0 Å². The van der Waals surface area contributed by atoms with Gasteiger partial charge in [-0.15, -0.1) is 0 Å². The predicted molar refractivity (Wildman–Crippen MR) is 109 cm³/mol. The third kappa shape index (κ3) is 5.38. The van der Waals surface area contributed by atoms with Crippen LogP contribution in [0.1, 0.15) is 63.3 Å². The van der Waals surface area contributed by atoms with Gasteiger partial charge < -0.3 is 9.80 Å². The molecule has 2 aliphatic rings. The number of aryl methyl sites for hydroxylation is 1. The minimum absolute atomic E-state index is 0.131. The van der Waals surface area contributed by atoms with Gasteiger partial charge in [0.15, 0.2) is 0 Å². The summed E-state index contributed by atoms with van der Waals surface area (Å²) >= 11 is 0. The van der Waals surface area contributed by atoms with Crippen molar-refractivity contribution in [3.8, 4) is 0 Å². The second-order valence-electron chi connectivity index (χ2n) is 8.21. The number of amides is 1. The Morgan fingerprint density at radius 1 is 1.11 bits per heavy atom. The summed E-state index contributed by atoms with van der Waals surface area (Å²) in [6.45, 7) is 13.0. The zero-order chi connectivity index (χ0) is 19.2. The first-order valence-electron chi connectivity index (χ1n) is 10.5. The third-order valence-electron chi connectivity index (χ3n) is 6.22.